The average molecular weight is 205 g/mol. The highest BCUT2D eigenvalue weighted by atomic mass is 32.2. The maximum absolute atomic E-state index is 11.6. The molecule has 0 saturated carbocycles. The molecule has 0 N–H and O–H groups in total. The summed E-state index contributed by atoms with van der Waals surface area (Å²) in [5.74, 6) is 0.0497. The van der Waals surface area contributed by atoms with E-state index in [4.69, 9.17) is 0 Å². The van der Waals surface area contributed by atoms with Crippen LogP contribution in [0.4, 0.5) is 0 Å². The Bertz CT molecular complexity index is 320. The van der Waals surface area contributed by atoms with Crippen LogP contribution in [0.25, 0.3) is 0 Å². The Labute approximate surface area is 78.8 Å². The summed E-state index contributed by atoms with van der Waals surface area (Å²) in [6.07, 6.45) is 0.451. The predicted molar refractivity (Wildman–Crippen MR) is 50.1 cm³/mol. The fourth-order valence-corrected chi connectivity index (χ4v) is 3.86. The van der Waals surface area contributed by atoms with Gasteiger partial charge < -0.3 is 4.90 Å². The van der Waals surface area contributed by atoms with Crippen molar-refractivity contribution in [1.82, 2.24) is 4.90 Å². The largest absolute Gasteiger partial charge is 0.348 e. The molecule has 0 bridgehead atoms. The summed E-state index contributed by atoms with van der Waals surface area (Å²) in [6, 6.07) is 0. The molecule has 1 unspecified atom stereocenters. The molecule has 1 atom stereocenters. The van der Waals surface area contributed by atoms with Crippen LogP contribution in [0.2, 0.25) is 0 Å². The molecule has 0 aliphatic carbocycles. The van der Waals surface area contributed by atoms with Crippen LogP contribution in [0.5, 0.6) is 0 Å². The zero-order chi connectivity index (χ0) is 10.3. The zero-order valence-electron chi connectivity index (χ0n) is 8.20. The van der Waals surface area contributed by atoms with E-state index in [2.05, 4.69) is 0 Å². The molecule has 4 nitrogen and oxygen atoms in total. The first-order valence-corrected chi connectivity index (χ1v) is 6.01. The van der Waals surface area contributed by atoms with Gasteiger partial charge in [-0.25, -0.2) is 8.42 Å². The number of carbonyl (C=O) groups is 1. The van der Waals surface area contributed by atoms with Crippen LogP contribution in [-0.2, 0) is 14.6 Å². The molecule has 0 radical (unpaired) electrons. The van der Waals surface area contributed by atoms with E-state index in [1.165, 1.54) is 4.90 Å². The Morgan fingerprint density at radius 3 is 2.23 bits per heavy atom. The topological polar surface area (TPSA) is 54.5 Å². The monoisotopic (exact) mass is 205 g/mol. The lowest BCUT2D eigenvalue weighted by atomic mass is 9.89. The Hall–Kier alpha value is -0.580. The van der Waals surface area contributed by atoms with E-state index in [9.17, 15) is 13.2 Å². The third kappa shape index (κ3) is 2.02. The van der Waals surface area contributed by atoms with E-state index in [0.717, 1.165) is 0 Å². The standard InChI is InChI=1S/C8H15NO3S/c1-8(7(10)9(2)3)4-5-13(11,12)6-8/h4-6H2,1-3H3. The number of hydrogen-bond donors (Lipinski definition) is 0. The van der Waals surface area contributed by atoms with Gasteiger partial charge in [0.25, 0.3) is 0 Å². The van der Waals surface area contributed by atoms with E-state index in [-0.39, 0.29) is 17.4 Å². The van der Waals surface area contributed by atoms with Crippen LogP contribution in [0.15, 0.2) is 0 Å². The van der Waals surface area contributed by atoms with Crippen LogP contribution in [0.1, 0.15) is 13.3 Å². The lowest BCUT2D eigenvalue weighted by Crippen LogP contribution is -2.38. The van der Waals surface area contributed by atoms with E-state index >= 15 is 0 Å². The summed E-state index contributed by atoms with van der Waals surface area (Å²) in [7, 11) is 0.323. The van der Waals surface area contributed by atoms with E-state index in [0.29, 0.717) is 6.42 Å². The zero-order valence-corrected chi connectivity index (χ0v) is 9.02. The van der Waals surface area contributed by atoms with Crippen molar-refractivity contribution in [3.8, 4) is 0 Å². The number of hydrogen-bond acceptors (Lipinski definition) is 3. The molecule has 1 heterocycles. The van der Waals surface area contributed by atoms with Gasteiger partial charge >= 0.3 is 0 Å². The molecule has 1 aliphatic heterocycles. The summed E-state index contributed by atoms with van der Waals surface area (Å²) in [6.45, 7) is 1.72. The van der Waals surface area contributed by atoms with Crippen molar-refractivity contribution < 1.29 is 13.2 Å². The van der Waals surface area contributed by atoms with Gasteiger partial charge in [-0.3, -0.25) is 4.79 Å². The molecule has 76 valence electrons. The molecule has 1 saturated heterocycles. The molecular formula is C8H15NO3S. The van der Waals surface area contributed by atoms with Crippen molar-refractivity contribution in [2.45, 2.75) is 13.3 Å². The van der Waals surface area contributed by atoms with Crippen LogP contribution in [0, 0.1) is 5.41 Å². The van der Waals surface area contributed by atoms with Crippen molar-refractivity contribution in [3.63, 3.8) is 0 Å². The van der Waals surface area contributed by atoms with Crippen LogP contribution >= 0.6 is 0 Å². The van der Waals surface area contributed by atoms with Gasteiger partial charge in [0.1, 0.15) is 0 Å². The Morgan fingerprint density at radius 1 is 1.38 bits per heavy atom. The second-order valence-corrected chi connectivity index (χ2v) is 6.29. The normalized spacial score (nSPS) is 31.6. The van der Waals surface area contributed by atoms with Crippen molar-refractivity contribution in [2.24, 2.45) is 5.41 Å². The van der Waals surface area contributed by atoms with Crippen molar-refractivity contribution in [3.05, 3.63) is 0 Å². The van der Waals surface area contributed by atoms with Crippen LogP contribution in [-0.4, -0.2) is 44.8 Å². The molecule has 5 heteroatoms. The maximum Gasteiger partial charge on any atom is 0.229 e. The number of nitrogens with zero attached hydrogens (tertiary/aromatic N) is 1. The number of amides is 1. The van der Waals surface area contributed by atoms with E-state index in [1.807, 2.05) is 0 Å². The second-order valence-electron chi connectivity index (χ2n) is 4.10. The van der Waals surface area contributed by atoms with Gasteiger partial charge in [-0.15, -0.1) is 0 Å². The Kier molecular flexibility index (Phi) is 2.40. The third-order valence-corrected chi connectivity index (χ3v) is 4.33. The lowest BCUT2D eigenvalue weighted by molar-refractivity contribution is -0.137. The molecule has 1 fully saturated rings. The fraction of sp³-hybridized carbons (Fsp3) is 0.875. The van der Waals surface area contributed by atoms with Crippen molar-refractivity contribution in [2.75, 3.05) is 25.6 Å². The van der Waals surface area contributed by atoms with Gasteiger partial charge in [-0.1, -0.05) is 0 Å². The van der Waals surface area contributed by atoms with Gasteiger partial charge in [0.2, 0.25) is 5.91 Å². The first-order valence-electron chi connectivity index (χ1n) is 4.19. The molecule has 1 aliphatic rings. The van der Waals surface area contributed by atoms with Crippen LogP contribution in [0.3, 0.4) is 0 Å². The molecule has 1 rings (SSSR count). The van der Waals surface area contributed by atoms with E-state index in [1.54, 1.807) is 21.0 Å². The molecule has 0 aromatic rings. The third-order valence-electron chi connectivity index (χ3n) is 2.43. The Balaban J connectivity index is 2.87. The minimum absolute atomic E-state index is 0.00296. The molecule has 0 aromatic heterocycles. The lowest BCUT2D eigenvalue weighted by Gasteiger charge is -2.24. The fourth-order valence-electron chi connectivity index (χ4n) is 1.72. The summed E-state index contributed by atoms with van der Waals surface area (Å²) in [4.78, 5) is 13.1. The van der Waals surface area contributed by atoms with Crippen molar-refractivity contribution in [1.29, 1.82) is 0 Å². The van der Waals surface area contributed by atoms with Gasteiger partial charge in [-0.2, -0.15) is 0 Å². The summed E-state index contributed by atoms with van der Waals surface area (Å²) >= 11 is 0. The number of carbonyl (C=O) groups excluding carboxylic acids is 1. The van der Waals surface area contributed by atoms with Gasteiger partial charge in [0.05, 0.1) is 16.9 Å². The Morgan fingerprint density at radius 2 is 1.92 bits per heavy atom. The van der Waals surface area contributed by atoms with Crippen LogP contribution < -0.4 is 0 Å². The maximum atomic E-state index is 11.6. The average Bonchev–Trinajstić information content (AvgIpc) is 2.25. The summed E-state index contributed by atoms with van der Waals surface area (Å²) in [5, 5.41) is 0. The SMILES string of the molecule is CN(C)C(=O)C1(C)CCS(=O)(=O)C1. The second kappa shape index (κ2) is 2.97. The highest BCUT2D eigenvalue weighted by Gasteiger charge is 2.44. The van der Waals surface area contributed by atoms with Gasteiger partial charge in [0, 0.05) is 14.1 Å². The van der Waals surface area contributed by atoms with Gasteiger partial charge in [-0.05, 0) is 13.3 Å². The highest BCUT2D eigenvalue weighted by molar-refractivity contribution is 7.91. The number of rotatable bonds is 1. The first-order chi connectivity index (χ1) is 5.77. The first kappa shape index (κ1) is 10.5. The minimum atomic E-state index is -2.98. The predicted octanol–water partition coefficient (Wildman–Crippen LogP) is -0.101. The number of sulfone groups is 1. The smallest absolute Gasteiger partial charge is 0.229 e. The quantitative estimate of drug-likeness (QED) is 0.600. The minimum Gasteiger partial charge on any atom is -0.348 e. The molecule has 0 spiro atoms. The molecule has 13 heavy (non-hydrogen) atoms. The summed E-state index contributed by atoms with van der Waals surface area (Å²) < 4.78 is 22.4. The molecule has 0 aromatic carbocycles. The van der Waals surface area contributed by atoms with Gasteiger partial charge in [0.15, 0.2) is 9.84 Å². The highest BCUT2D eigenvalue weighted by Crippen LogP contribution is 2.32. The van der Waals surface area contributed by atoms with E-state index < -0.39 is 15.3 Å². The summed E-state index contributed by atoms with van der Waals surface area (Å²) in [5.41, 5.74) is -0.692. The van der Waals surface area contributed by atoms with Crippen molar-refractivity contribution >= 4 is 15.7 Å². The molecule has 1 amide bonds. The molecular weight excluding hydrogens is 190 g/mol.